The molecule has 0 amide bonds. The van der Waals surface area contributed by atoms with Crippen molar-refractivity contribution < 1.29 is 9.59 Å². The number of aldehydes is 2. The number of carbonyl (C=O) groups is 2. The quantitative estimate of drug-likeness (QED) is 0.780. The van der Waals surface area contributed by atoms with Gasteiger partial charge in [0.15, 0.2) is 0 Å². The van der Waals surface area contributed by atoms with E-state index in [0.29, 0.717) is 0 Å². The smallest absolute Gasteiger partial charge is 0.124 e. The van der Waals surface area contributed by atoms with Crippen molar-refractivity contribution in [2.24, 2.45) is 11.8 Å². The fourth-order valence-electron chi connectivity index (χ4n) is 4.10. The molecular weight excluding hydrogens is 248 g/mol. The van der Waals surface area contributed by atoms with Gasteiger partial charge in [0.2, 0.25) is 0 Å². The minimum Gasteiger partial charge on any atom is -0.303 e. The summed E-state index contributed by atoms with van der Waals surface area (Å²) in [7, 11) is 0. The Kier molecular flexibility index (Phi) is 2.40. The van der Waals surface area contributed by atoms with Crippen molar-refractivity contribution in [3.8, 4) is 0 Å². The summed E-state index contributed by atoms with van der Waals surface area (Å²) in [6.07, 6.45) is 1.95. The molecule has 0 fully saturated rings. The van der Waals surface area contributed by atoms with E-state index in [9.17, 15) is 9.59 Å². The van der Waals surface area contributed by atoms with E-state index in [0.717, 1.165) is 12.6 Å². The zero-order valence-electron chi connectivity index (χ0n) is 10.9. The first-order valence-corrected chi connectivity index (χ1v) is 6.95. The minimum atomic E-state index is -0.234. The molecule has 2 aromatic rings. The molecule has 2 nitrogen and oxygen atoms in total. The molecule has 98 valence electrons. The molecule has 0 unspecified atom stereocenters. The number of hydrogen-bond donors (Lipinski definition) is 0. The Bertz CT molecular complexity index is 597. The lowest BCUT2D eigenvalue weighted by atomic mass is 9.55. The van der Waals surface area contributed by atoms with Crippen LogP contribution in [0.1, 0.15) is 34.1 Å². The highest BCUT2D eigenvalue weighted by molar-refractivity contribution is 5.75. The van der Waals surface area contributed by atoms with Gasteiger partial charge in [-0.3, -0.25) is 0 Å². The lowest BCUT2D eigenvalue weighted by Gasteiger charge is -2.47. The molecule has 0 saturated carbocycles. The van der Waals surface area contributed by atoms with Gasteiger partial charge in [0, 0.05) is 23.7 Å². The molecule has 0 aromatic heterocycles. The van der Waals surface area contributed by atoms with E-state index in [-0.39, 0.29) is 23.7 Å². The predicted octanol–water partition coefficient (Wildman–Crippen LogP) is 2.91. The van der Waals surface area contributed by atoms with Crippen molar-refractivity contribution in [2.45, 2.75) is 11.8 Å². The second-order valence-electron chi connectivity index (χ2n) is 5.64. The maximum Gasteiger partial charge on any atom is 0.124 e. The summed E-state index contributed by atoms with van der Waals surface area (Å²) in [5.74, 6) is -0.412. The van der Waals surface area contributed by atoms with Gasteiger partial charge in [0.05, 0.1) is 0 Å². The highest BCUT2D eigenvalue weighted by Gasteiger charge is 2.49. The number of benzene rings is 2. The Hall–Kier alpha value is -2.22. The third-order valence-corrected chi connectivity index (χ3v) is 4.86. The van der Waals surface area contributed by atoms with Crippen molar-refractivity contribution in [1.82, 2.24) is 0 Å². The largest absolute Gasteiger partial charge is 0.303 e. The van der Waals surface area contributed by atoms with Gasteiger partial charge >= 0.3 is 0 Å². The number of hydrogen-bond acceptors (Lipinski definition) is 2. The Morgan fingerprint density at radius 3 is 1.15 bits per heavy atom. The summed E-state index contributed by atoms with van der Waals surface area (Å²) >= 11 is 0. The normalized spacial score (nSPS) is 29.4. The second-order valence-corrected chi connectivity index (χ2v) is 5.64. The van der Waals surface area contributed by atoms with Crippen LogP contribution in [0.5, 0.6) is 0 Å². The highest BCUT2D eigenvalue weighted by atomic mass is 16.1. The Labute approximate surface area is 117 Å². The summed E-state index contributed by atoms with van der Waals surface area (Å²) < 4.78 is 0. The van der Waals surface area contributed by atoms with E-state index >= 15 is 0 Å². The van der Waals surface area contributed by atoms with Crippen LogP contribution in [-0.4, -0.2) is 12.6 Å². The monoisotopic (exact) mass is 262 g/mol. The summed E-state index contributed by atoms with van der Waals surface area (Å²) in [5, 5.41) is 0. The third-order valence-electron chi connectivity index (χ3n) is 4.86. The van der Waals surface area contributed by atoms with Crippen LogP contribution in [0, 0.1) is 11.8 Å². The molecule has 0 N–H and O–H groups in total. The van der Waals surface area contributed by atoms with Crippen LogP contribution in [0.25, 0.3) is 0 Å². The highest BCUT2D eigenvalue weighted by Crippen LogP contribution is 2.56. The standard InChI is InChI=1S/C18H14O2/c19-9-15-16(10-20)18-12-6-2-1-5-11(12)17(15)13-7-3-4-8-14(13)18/h1-10,15-18H/t15-,16-,17?,18?/m0/s1. The van der Waals surface area contributed by atoms with Crippen molar-refractivity contribution in [3.63, 3.8) is 0 Å². The van der Waals surface area contributed by atoms with Crippen LogP contribution in [0.15, 0.2) is 48.5 Å². The molecule has 20 heavy (non-hydrogen) atoms. The molecule has 5 rings (SSSR count). The maximum atomic E-state index is 11.6. The Morgan fingerprint density at radius 1 is 0.600 bits per heavy atom. The molecule has 0 spiro atoms. The minimum absolute atomic E-state index is 0.0279. The molecule has 3 aliphatic rings. The van der Waals surface area contributed by atoms with Gasteiger partial charge < -0.3 is 9.59 Å². The molecule has 0 saturated heterocycles. The fourth-order valence-corrected chi connectivity index (χ4v) is 4.10. The van der Waals surface area contributed by atoms with Gasteiger partial charge in [-0.2, -0.15) is 0 Å². The summed E-state index contributed by atoms with van der Waals surface area (Å²) in [6.45, 7) is 0. The van der Waals surface area contributed by atoms with E-state index in [2.05, 4.69) is 24.3 Å². The number of rotatable bonds is 2. The molecule has 2 heteroatoms. The average Bonchev–Trinajstić information content (AvgIpc) is 2.53. The fraction of sp³-hybridized carbons (Fsp3) is 0.222. The van der Waals surface area contributed by atoms with Gasteiger partial charge in [0.1, 0.15) is 12.6 Å². The molecule has 0 radical (unpaired) electrons. The molecule has 0 heterocycles. The van der Waals surface area contributed by atoms with Crippen LogP contribution in [0.4, 0.5) is 0 Å². The maximum absolute atomic E-state index is 11.6. The van der Waals surface area contributed by atoms with Crippen molar-refractivity contribution in [2.75, 3.05) is 0 Å². The molecule has 3 aliphatic carbocycles. The van der Waals surface area contributed by atoms with E-state index in [1.54, 1.807) is 0 Å². The van der Waals surface area contributed by atoms with Gasteiger partial charge in [-0.1, -0.05) is 48.5 Å². The van der Waals surface area contributed by atoms with Crippen molar-refractivity contribution in [3.05, 3.63) is 70.8 Å². The van der Waals surface area contributed by atoms with Gasteiger partial charge in [-0.05, 0) is 22.3 Å². The van der Waals surface area contributed by atoms with Crippen LogP contribution >= 0.6 is 0 Å². The third kappa shape index (κ3) is 1.29. The molecule has 2 atom stereocenters. The van der Waals surface area contributed by atoms with E-state index in [1.807, 2.05) is 24.3 Å². The number of carbonyl (C=O) groups excluding carboxylic acids is 2. The molecule has 2 aromatic carbocycles. The average molecular weight is 262 g/mol. The Morgan fingerprint density at radius 2 is 0.900 bits per heavy atom. The summed E-state index contributed by atoms with van der Waals surface area (Å²) in [4.78, 5) is 23.2. The Balaban J connectivity index is 2.06. The van der Waals surface area contributed by atoms with Crippen LogP contribution in [0.3, 0.4) is 0 Å². The summed E-state index contributed by atoms with van der Waals surface area (Å²) in [5.41, 5.74) is 4.86. The second kappa shape index (κ2) is 4.14. The van der Waals surface area contributed by atoms with E-state index in [1.165, 1.54) is 22.3 Å². The first kappa shape index (κ1) is 11.6. The zero-order chi connectivity index (χ0) is 13.7. The predicted molar refractivity (Wildman–Crippen MR) is 75.7 cm³/mol. The molecule has 0 aliphatic heterocycles. The van der Waals surface area contributed by atoms with E-state index in [4.69, 9.17) is 0 Å². The summed E-state index contributed by atoms with van der Waals surface area (Å²) in [6, 6.07) is 16.4. The first-order valence-electron chi connectivity index (χ1n) is 6.95. The van der Waals surface area contributed by atoms with Crippen LogP contribution < -0.4 is 0 Å². The van der Waals surface area contributed by atoms with Crippen LogP contribution in [0.2, 0.25) is 0 Å². The molecular formula is C18H14O2. The number of fused-ring (bicyclic) bond motifs is 1. The topological polar surface area (TPSA) is 34.1 Å². The van der Waals surface area contributed by atoms with E-state index < -0.39 is 0 Å². The van der Waals surface area contributed by atoms with Crippen molar-refractivity contribution in [1.29, 1.82) is 0 Å². The lowest BCUT2D eigenvalue weighted by Crippen LogP contribution is -2.41. The first-order chi connectivity index (χ1) is 9.86. The zero-order valence-corrected chi connectivity index (χ0v) is 10.9. The lowest BCUT2D eigenvalue weighted by molar-refractivity contribution is -0.121. The van der Waals surface area contributed by atoms with Crippen molar-refractivity contribution >= 4 is 12.6 Å². The van der Waals surface area contributed by atoms with Gasteiger partial charge in [-0.15, -0.1) is 0 Å². The van der Waals surface area contributed by atoms with Gasteiger partial charge in [0.25, 0.3) is 0 Å². The SMILES string of the molecule is O=C[C@@H]1C2c3ccccc3C(c3ccccc32)[C@H]1C=O. The van der Waals surface area contributed by atoms with Gasteiger partial charge in [-0.25, -0.2) is 0 Å². The molecule has 2 bridgehead atoms. The van der Waals surface area contributed by atoms with Crippen LogP contribution in [-0.2, 0) is 9.59 Å².